The molecular formula is C18H28N2O4. The first-order chi connectivity index (χ1) is 11.0. The van der Waals surface area contributed by atoms with E-state index >= 15 is 0 Å². The number of amides is 1. The molecule has 24 heavy (non-hydrogen) atoms. The standard InChI is InChI=1S/C18H28N2O4/c1-9(2)17(22)20(10(3)4)13(7)16(21)14-11(5)15(18(23)24-8)19-12(14)6/h9-10,13,19H,1-8H3. The molecule has 0 aliphatic carbocycles. The lowest BCUT2D eigenvalue weighted by molar-refractivity contribution is -0.137. The van der Waals surface area contributed by atoms with Crippen LogP contribution in [0.2, 0.25) is 0 Å². The lowest BCUT2D eigenvalue weighted by atomic mass is 9.98. The van der Waals surface area contributed by atoms with Crippen LogP contribution < -0.4 is 0 Å². The molecule has 0 spiro atoms. The number of methoxy groups -OCH3 is 1. The van der Waals surface area contributed by atoms with E-state index < -0.39 is 12.0 Å². The van der Waals surface area contributed by atoms with Gasteiger partial charge in [0.1, 0.15) is 5.69 Å². The second kappa shape index (κ2) is 7.64. The lowest BCUT2D eigenvalue weighted by Crippen LogP contribution is -2.49. The van der Waals surface area contributed by atoms with Gasteiger partial charge in [0.25, 0.3) is 0 Å². The molecule has 1 rings (SSSR count). The van der Waals surface area contributed by atoms with Gasteiger partial charge in [0.15, 0.2) is 5.78 Å². The van der Waals surface area contributed by atoms with Crippen molar-refractivity contribution in [1.82, 2.24) is 9.88 Å². The van der Waals surface area contributed by atoms with Gasteiger partial charge in [-0.25, -0.2) is 4.79 Å². The first-order valence-corrected chi connectivity index (χ1v) is 8.18. The van der Waals surface area contributed by atoms with Crippen LogP contribution >= 0.6 is 0 Å². The summed E-state index contributed by atoms with van der Waals surface area (Å²) in [5.41, 5.74) is 1.88. The van der Waals surface area contributed by atoms with Gasteiger partial charge in [0.05, 0.1) is 13.2 Å². The van der Waals surface area contributed by atoms with E-state index in [4.69, 9.17) is 4.74 Å². The van der Waals surface area contributed by atoms with Crippen LogP contribution in [0.15, 0.2) is 0 Å². The summed E-state index contributed by atoms with van der Waals surface area (Å²) in [6.45, 7) is 12.6. The molecule has 6 nitrogen and oxygen atoms in total. The summed E-state index contributed by atoms with van der Waals surface area (Å²) in [5, 5.41) is 0. The highest BCUT2D eigenvalue weighted by molar-refractivity contribution is 6.06. The number of hydrogen-bond donors (Lipinski definition) is 1. The summed E-state index contributed by atoms with van der Waals surface area (Å²) in [4.78, 5) is 41.8. The van der Waals surface area contributed by atoms with Crippen molar-refractivity contribution in [2.75, 3.05) is 7.11 Å². The number of aromatic amines is 1. The zero-order valence-electron chi connectivity index (χ0n) is 15.8. The van der Waals surface area contributed by atoms with Crippen LogP contribution in [-0.2, 0) is 9.53 Å². The number of carbonyl (C=O) groups excluding carboxylic acids is 3. The predicted octanol–water partition coefficient (Wildman–Crippen LogP) is 2.88. The van der Waals surface area contributed by atoms with Gasteiger partial charge in [-0.05, 0) is 40.2 Å². The van der Waals surface area contributed by atoms with Gasteiger partial charge >= 0.3 is 5.97 Å². The van der Waals surface area contributed by atoms with Crippen molar-refractivity contribution in [2.24, 2.45) is 5.92 Å². The number of esters is 1. The molecule has 1 N–H and O–H groups in total. The highest BCUT2D eigenvalue weighted by atomic mass is 16.5. The third-order valence-electron chi connectivity index (χ3n) is 4.17. The molecular weight excluding hydrogens is 308 g/mol. The molecule has 0 aliphatic heterocycles. The molecule has 1 unspecified atom stereocenters. The summed E-state index contributed by atoms with van der Waals surface area (Å²) in [5.74, 6) is -0.952. The van der Waals surface area contributed by atoms with Gasteiger partial charge in [-0.1, -0.05) is 13.8 Å². The van der Waals surface area contributed by atoms with E-state index in [1.54, 1.807) is 25.7 Å². The van der Waals surface area contributed by atoms with Gasteiger partial charge in [0.2, 0.25) is 5.91 Å². The molecule has 0 fully saturated rings. The Morgan fingerprint density at radius 1 is 1.04 bits per heavy atom. The quantitative estimate of drug-likeness (QED) is 0.640. The Morgan fingerprint density at radius 3 is 2.00 bits per heavy atom. The van der Waals surface area contributed by atoms with E-state index in [9.17, 15) is 14.4 Å². The predicted molar refractivity (Wildman–Crippen MR) is 92.2 cm³/mol. The minimum atomic E-state index is -0.612. The Balaban J connectivity index is 3.28. The van der Waals surface area contributed by atoms with Crippen molar-refractivity contribution in [3.8, 4) is 0 Å². The SMILES string of the molecule is COC(=O)c1[nH]c(C)c(C(=O)C(C)N(C(=O)C(C)C)C(C)C)c1C. The number of aryl methyl sites for hydroxylation is 1. The van der Waals surface area contributed by atoms with E-state index in [2.05, 4.69) is 4.98 Å². The normalized spacial score (nSPS) is 12.4. The Hall–Kier alpha value is -2.11. The zero-order valence-corrected chi connectivity index (χ0v) is 15.8. The third kappa shape index (κ3) is 3.68. The molecule has 0 bridgehead atoms. The van der Waals surface area contributed by atoms with Crippen LogP contribution in [0.25, 0.3) is 0 Å². The first kappa shape index (κ1) is 19.9. The maximum absolute atomic E-state index is 13.0. The van der Waals surface area contributed by atoms with Gasteiger partial charge in [-0.15, -0.1) is 0 Å². The average molecular weight is 336 g/mol. The van der Waals surface area contributed by atoms with Gasteiger partial charge in [0, 0.05) is 23.2 Å². The molecule has 0 aromatic carbocycles. The number of Topliss-reactive ketones (excluding diaryl/α,β-unsaturated/α-hetero) is 1. The summed E-state index contributed by atoms with van der Waals surface area (Å²) in [7, 11) is 1.30. The van der Waals surface area contributed by atoms with Crippen molar-refractivity contribution in [2.45, 2.75) is 60.5 Å². The van der Waals surface area contributed by atoms with Crippen molar-refractivity contribution < 1.29 is 19.1 Å². The number of nitrogens with zero attached hydrogens (tertiary/aromatic N) is 1. The topological polar surface area (TPSA) is 79.5 Å². The summed E-state index contributed by atoms with van der Waals surface area (Å²) >= 11 is 0. The first-order valence-electron chi connectivity index (χ1n) is 8.18. The fraction of sp³-hybridized carbons (Fsp3) is 0.611. The second-order valence-electron chi connectivity index (χ2n) is 6.65. The molecule has 1 atom stereocenters. The number of aromatic nitrogens is 1. The van der Waals surface area contributed by atoms with Crippen molar-refractivity contribution in [3.05, 3.63) is 22.5 Å². The number of ketones is 1. The number of H-pyrrole nitrogens is 1. The van der Waals surface area contributed by atoms with E-state index in [0.29, 0.717) is 16.8 Å². The smallest absolute Gasteiger partial charge is 0.354 e. The maximum Gasteiger partial charge on any atom is 0.354 e. The number of hydrogen-bond acceptors (Lipinski definition) is 4. The largest absolute Gasteiger partial charge is 0.464 e. The average Bonchev–Trinajstić information content (AvgIpc) is 2.80. The van der Waals surface area contributed by atoms with Crippen LogP contribution in [0.5, 0.6) is 0 Å². The number of nitrogens with one attached hydrogen (secondary N) is 1. The van der Waals surface area contributed by atoms with E-state index in [1.807, 2.05) is 27.7 Å². The summed E-state index contributed by atoms with van der Waals surface area (Å²) in [6, 6.07) is -0.711. The molecule has 0 radical (unpaired) electrons. The molecule has 0 saturated carbocycles. The Morgan fingerprint density at radius 2 is 1.58 bits per heavy atom. The molecule has 1 heterocycles. The van der Waals surface area contributed by atoms with Gasteiger partial charge < -0.3 is 14.6 Å². The van der Waals surface area contributed by atoms with Crippen LogP contribution in [0.1, 0.15) is 66.7 Å². The molecule has 0 saturated heterocycles. The van der Waals surface area contributed by atoms with E-state index in [-0.39, 0.29) is 29.3 Å². The minimum absolute atomic E-state index is 0.0649. The molecule has 1 aromatic rings. The summed E-state index contributed by atoms with van der Waals surface area (Å²) < 4.78 is 4.73. The maximum atomic E-state index is 13.0. The highest BCUT2D eigenvalue weighted by Crippen LogP contribution is 2.23. The third-order valence-corrected chi connectivity index (χ3v) is 4.17. The molecule has 6 heteroatoms. The van der Waals surface area contributed by atoms with Gasteiger partial charge in [-0.3, -0.25) is 9.59 Å². The number of ether oxygens (including phenoxy) is 1. The molecule has 0 aliphatic rings. The number of rotatable bonds is 6. The molecule has 1 aromatic heterocycles. The molecule has 1 amide bonds. The van der Waals surface area contributed by atoms with Crippen LogP contribution in [0, 0.1) is 19.8 Å². The van der Waals surface area contributed by atoms with Crippen molar-refractivity contribution in [1.29, 1.82) is 0 Å². The fourth-order valence-electron chi connectivity index (χ4n) is 2.95. The monoisotopic (exact) mass is 336 g/mol. The minimum Gasteiger partial charge on any atom is -0.464 e. The van der Waals surface area contributed by atoms with Gasteiger partial charge in [-0.2, -0.15) is 0 Å². The van der Waals surface area contributed by atoms with Crippen LogP contribution in [0.4, 0.5) is 0 Å². The van der Waals surface area contributed by atoms with Crippen molar-refractivity contribution in [3.63, 3.8) is 0 Å². The Bertz CT molecular complexity index is 644. The van der Waals surface area contributed by atoms with E-state index in [0.717, 1.165) is 0 Å². The zero-order chi connectivity index (χ0) is 18.8. The fourth-order valence-corrected chi connectivity index (χ4v) is 2.95. The lowest BCUT2D eigenvalue weighted by Gasteiger charge is -2.33. The second-order valence-corrected chi connectivity index (χ2v) is 6.65. The molecule has 134 valence electrons. The highest BCUT2D eigenvalue weighted by Gasteiger charge is 2.33. The summed E-state index contributed by atoms with van der Waals surface area (Å²) in [6.07, 6.45) is 0. The van der Waals surface area contributed by atoms with Crippen LogP contribution in [-0.4, -0.2) is 46.7 Å². The Kier molecular flexibility index (Phi) is 6.35. The van der Waals surface area contributed by atoms with E-state index in [1.165, 1.54) is 7.11 Å². The van der Waals surface area contributed by atoms with Crippen molar-refractivity contribution >= 4 is 17.7 Å². The number of carbonyl (C=O) groups is 3. The Labute approximate surface area is 143 Å². The van der Waals surface area contributed by atoms with Crippen LogP contribution in [0.3, 0.4) is 0 Å².